The first kappa shape index (κ1) is 20.0. The first-order valence-electron chi connectivity index (χ1n) is 8.41. The Morgan fingerprint density at radius 3 is 2.48 bits per heavy atom. The average Bonchev–Trinajstić information content (AvgIpc) is 3.13. The van der Waals surface area contributed by atoms with Crippen molar-refractivity contribution in [2.24, 2.45) is 11.7 Å². The average molecular weight is 374 g/mol. The zero-order chi connectivity index (χ0) is 20.0. The molecule has 1 aromatic carbocycles. The topological polar surface area (TPSA) is 142 Å². The van der Waals surface area contributed by atoms with E-state index in [-0.39, 0.29) is 12.5 Å². The Balaban J connectivity index is 2.04. The van der Waals surface area contributed by atoms with Crippen molar-refractivity contribution in [3.05, 3.63) is 29.8 Å². The Kier molecular flexibility index (Phi) is 6.58. The van der Waals surface area contributed by atoms with Gasteiger partial charge in [0.2, 0.25) is 17.6 Å². The van der Waals surface area contributed by atoms with Gasteiger partial charge in [-0.3, -0.25) is 9.59 Å². The lowest BCUT2D eigenvalue weighted by atomic mass is 9.99. The van der Waals surface area contributed by atoms with E-state index in [0.29, 0.717) is 23.4 Å². The maximum absolute atomic E-state index is 12.2. The molecular weight excluding hydrogens is 352 g/mol. The van der Waals surface area contributed by atoms with Gasteiger partial charge in [0.25, 0.3) is 0 Å². The molecule has 0 radical (unpaired) electrons. The fourth-order valence-corrected chi connectivity index (χ4v) is 2.35. The maximum atomic E-state index is 12.2. The first-order chi connectivity index (χ1) is 12.8. The minimum absolute atomic E-state index is 0.0792. The number of primary amides is 1. The van der Waals surface area contributed by atoms with Gasteiger partial charge in [0.05, 0.1) is 7.11 Å². The molecular formula is C17H22N6O4. The number of hydrogen-bond donors (Lipinski definition) is 2. The largest absolute Gasteiger partial charge is 0.467 e. The Hall–Kier alpha value is -3.30. The predicted molar refractivity (Wildman–Crippen MR) is 95.2 cm³/mol. The van der Waals surface area contributed by atoms with Gasteiger partial charge in [0, 0.05) is 11.1 Å². The van der Waals surface area contributed by atoms with Gasteiger partial charge in [-0.2, -0.15) is 4.80 Å². The van der Waals surface area contributed by atoms with Gasteiger partial charge in [-0.15, -0.1) is 10.2 Å². The normalized spacial score (nSPS) is 12.9. The lowest BCUT2D eigenvalue weighted by Gasteiger charge is -2.21. The number of amides is 2. The number of carbonyl (C=O) groups is 3. The third-order valence-electron chi connectivity index (χ3n) is 4.15. The quantitative estimate of drug-likeness (QED) is 0.626. The second kappa shape index (κ2) is 8.88. The van der Waals surface area contributed by atoms with Crippen LogP contribution in [0.15, 0.2) is 24.3 Å². The van der Waals surface area contributed by atoms with E-state index in [1.807, 2.05) is 13.8 Å². The molecule has 2 aromatic rings. The molecule has 3 N–H and O–H groups in total. The Morgan fingerprint density at radius 2 is 1.93 bits per heavy atom. The minimum atomic E-state index is -0.739. The molecule has 0 unspecified atom stereocenters. The number of tetrazole rings is 1. The van der Waals surface area contributed by atoms with E-state index in [9.17, 15) is 14.4 Å². The second-order valence-electron chi connectivity index (χ2n) is 6.04. The fourth-order valence-electron chi connectivity index (χ4n) is 2.35. The molecule has 2 amide bonds. The molecule has 27 heavy (non-hydrogen) atoms. The lowest BCUT2D eigenvalue weighted by molar-refractivity contribution is -0.146. The van der Waals surface area contributed by atoms with Crippen LogP contribution in [0.1, 0.15) is 30.6 Å². The number of methoxy groups -OCH3 is 1. The smallest absolute Gasteiger partial charge is 0.328 e. The maximum Gasteiger partial charge on any atom is 0.328 e. The third-order valence-corrected chi connectivity index (χ3v) is 4.15. The molecule has 0 bridgehead atoms. The van der Waals surface area contributed by atoms with E-state index in [0.717, 1.165) is 4.80 Å². The van der Waals surface area contributed by atoms with Crippen molar-refractivity contribution in [2.45, 2.75) is 32.9 Å². The van der Waals surface area contributed by atoms with Gasteiger partial charge in [-0.25, -0.2) is 4.79 Å². The van der Waals surface area contributed by atoms with E-state index in [2.05, 4.69) is 20.7 Å². The number of esters is 1. The summed E-state index contributed by atoms with van der Waals surface area (Å²) < 4.78 is 4.74. The van der Waals surface area contributed by atoms with E-state index < -0.39 is 23.8 Å². The molecule has 0 aliphatic heterocycles. The van der Waals surface area contributed by atoms with Crippen molar-refractivity contribution in [1.82, 2.24) is 25.5 Å². The molecule has 0 fully saturated rings. The van der Waals surface area contributed by atoms with Crippen LogP contribution in [-0.2, 0) is 20.9 Å². The molecule has 1 heterocycles. The number of ether oxygens (including phenoxy) is 1. The van der Waals surface area contributed by atoms with Crippen LogP contribution in [0.2, 0.25) is 0 Å². The van der Waals surface area contributed by atoms with Gasteiger partial charge < -0.3 is 15.8 Å². The molecule has 10 nitrogen and oxygen atoms in total. The van der Waals surface area contributed by atoms with Gasteiger partial charge in [-0.05, 0) is 23.3 Å². The number of benzene rings is 1. The van der Waals surface area contributed by atoms with Gasteiger partial charge >= 0.3 is 5.97 Å². The number of hydrogen-bond acceptors (Lipinski definition) is 7. The molecule has 2 atom stereocenters. The number of carbonyl (C=O) groups excluding carboxylic acids is 3. The zero-order valence-electron chi connectivity index (χ0n) is 15.4. The number of rotatable bonds is 8. The summed E-state index contributed by atoms with van der Waals surface area (Å²) in [6.45, 7) is 3.57. The number of aromatic nitrogens is 4. The second-order valence-corrected chi connectivity index (χ2v) is 6.04. The highest BCUT2D eigenvalue weighted by atomic mass is 16.5. The summed E-state index contributed by atoms with van der Waals surface area (Å²) in [4.78, 5) is 36.3. The summed E-state index contributed by atoms with van der Waals surface area (Å²) in [5, 5.41) is 14.5. The molecule has 1 aromatic heterocycles. The van der Waals surface area contributed by atoms with Gasteiger partial charge in [0.1, 0.15) is 12.6 Å². The van der Waals surface area contributed by atoms with Crippen LogP contribution in [0.3, 0.4) is 0 Å². The first-order valence-corrected chi connectivity index (χ1v) is 8.41. The lowest BCUT2D eigenvalue weighted by Crippen LogP contribution is -2.46. The molecule has 0 aliphatic carbocycles. The molecule has 144 valence electrons. The van der Waals surface area contributed by atoms with Crippen molar-refractivity contribution in [1.29, 1.82) is 0 Å². The summed E-state index contributed by atoms with van der Waals surface area (Å²) >= 11 is 0. The summed E-state index contributed by atoms with van der Waals surface area (Å²) in [6, 6.07) is 5.64. The van der Waals surface area contributed by atoms with Crippen molar-refractivity contribution < 1.29 is 19.1 Å². The van der Waals surface area contributed by atoms with E-state index in [1.54, 1.807) is 24.3 Å². The molecule has 0 spiro atoms. The zero-order valence-corrected chi connectivity index (χ0v) is 15.4. The fraction of sp³-hybridized carbons (Fsp3) is 0.412. The standard InChI is InChI=1S/C17H22N6O4/c1-4-10(2)14(17(26)27-3)19-13(24)9-23-21-16(20-22-23)12-7-5-11(6-8-12)15(18)25/h5-8,10,14H,4,9H2,1-3H3,(H2,18,25)(H,19,24)/t10-,14-/m1/s1. The van der Waals surface area contributed by atoms with Crippen LogP contribution in [0.4, 0.5) is 0 Å². The highest BCUT2D eigenvalue weighted by Gasteiger charge is 2.26. The molecule has 10 heteroatoms. The van der Waals surface area contributed by atoms with Gasteiger partial charge in [-0.1, -0.05) is 32.4 Å². The minimum Gasteiger partial charge on any atom is -0.467 e. The van der Waals surface area contributed by atoms with Crippen LogP contribution >= 0.6 is 0 Å². The van der Waals surface area contributed by atoms with Crippen LogP contribution in [0, 0.1) is 5.92 Å². The highest BCUT2D eigenvalue weighted by Crippen LogP contribution is 2.14. The van der Waals surface area contributed by atoms with Crippen molar-refractivity contribution >= 4 is 17.8 Å². The summed E-state index contributed by atoms with van der Waals surface area (Å²) in [7, 11) is 1.28. The molecule has 2 rings (SSSR count). The summed E-state index contributed by atoms with van der Waals surface area (Å²) in [6.07, 6.45) is 0.701. The highest BCUT2D eigenvalue weighted by molar-refractivity contribution is 5.93. The summed E-state index contributed by atoms with van der Waals surface area (Å²) in [5.74, 6) is -1.25. The third kappa shape index (κ3) is 5.09. The Bertz CT molecular complexity index is 817. The monoisotopic (exact) mass is 374 g/mol. The van der Waals surface area contributed by atoms with Crippen LogP contribution in [0.5, 0.6) is 0 Å². The number of nitrogens with one attached hydrogen (secondary N) is 1. The van der Waals surface area contributed by atoms with E-state index in [1.165, 1.54) is 7.11 Å². The molecule has 0 saturated carbocycles. The summed E-state index contributed by atoms with van der Waals surface area (Å²) in [5.41, 5.74) is 6.19. The SMILES string of the molecule is CC[C@@H](C)[C@@H](NC(=O)Cn1nnc(-c2ccc(C(N)=O)cc2)n1)C(=O)OC. The molecule has 0 aliphatic rings. The number of nitrogens with zero attached hydrogens (tertiary/aromatic N) is 4. The number of nitrogens with two attached hydrogens (primary N) is 1. The van der Waals surface area contributed by atoms with Crippen molar-refractivity contribution in [3.8, 4) is 11.4 Å². The predicted octanol–water partition coefficient (Wildman–Crippen LogP) is 0.143. The Labute approximate surface area is 156 Å². The molecule has 0 saturated heterocycles. The van der Waals surface area contributed by atoms with Crippen molar-refractivity contribution in [3.63, 3.8) is 0 Å². The van der Waals surface area contributed by atoms with Gasteiger partial charge in [0.15, 0.2) is 0 Å². The Morgan fingerprint density at radius 1 is 1.26 bits per heavy atom. The van der Waals surface area contributed by atoms with E-state index in [4.69, 9.17) is 10.5 Å². The van der Waals surface area contributed by atoms with Crippen LogP contribution < -0.4 is 11.1 Å². The van der Waals surface area contributed by atoms with Crippen LogP contribution in [0.25, 0.3) is 11.4 Å². The van der Waals surface area contributed by atoms with Crippen LogP contribution in [-0.4, -0.2) is 51.1 Å². The van der Waals surface area contributed by atoms with E-state index >= 15 is 0 Å². The van der Waals surface area contributed by atoms with Crippen molar-refractivity contribution in [2.75, 3.05) is 7.11 Å².